The van der Waals surface area contributed by atoms with E-state index in [4.69, 9.17) is 4.74 Å². The molecule has 0 aliphatic carbocycles. The fourth-order valence-corrected chi connectivity index (χ4v) is 0.739. The number of hydrogen-bond acceptors (Lipinski definition) is 1. The van der Waals surface area contributed by atoms with E-state index in [0.717, 1.165) is 6.61 Å². The summed E-state index contributed by atoms with van der Waals surface area (Å²) in [6.07, 6.45) is 3.08. The normalized spacial score (nSPS) is 23.0. The second kappa shape index (κ2) is 9.16. The molecule has 1 aliphatic rings. The molecule has 1 saturated heterocycles. The summed E-state index contributed by atoms with van der Waals surface area (Å²) in [7, 11) is 0. The van der Waals surface area contributed by atoms with Gasteiger partial charge in [0.2, 0.25) is 0 Å². The Morgan fingerprint density at radius 1 is 1.33 bits per heavy atom. The zero-order valence-corrected chi connectivity index (χ0v) is 10.0. The molecule has 1 aliphatic heterocycles. The first-order valence-electron chi connectivity index (χ1n) is 2.51. The molecular weight excluding hydrogens is 212 g/mol. The van der Waals surface area contributed by atoms with Crippen molar-refractivity contribution in [1.29, 1.82) is 0 Å². The Bertz CT molecular complexity index is 48.2. The Morgan fingerprint density at radius 3 is 2.00 bits per heavy atom. The maximum absolute atomic E-state index is 5.15. The van der Waals surface area contributed by atoms with Crippen molar-refractivity contribution in [3.05, 3.63) is 0 Å². The van der Waals surface area contributed by atoms with Crippen molar-refractivity contribution < 1.29 is 49.0 Å². The minimum Gasteiger partial charge on any atom is -1.00 e. The standard InChI is InChI=1S/C5H10O.2ClH.Zn/c1-5-3-2-4-6-5;;;/h5H,2-4H2,1H3;2*1H;/q;;;+2/p-2. The summed E-state index contributed by atoms with van der Waals surface area (Å²) in [5.41, 5.74) is 0. The first-order valence-corrected chi connectivity index (χ1v) is 2.51. The van der Waals surface area contributed by atoms with E-state index in [1.807, 2.05) is 0 Å². The zero-order chi connectivity index (χ0) is 4.41. The maximum Gasteiger partial charge on any atom is 2.00 e. The van der Waals surface area contributed by atoms with Crippen molar-refractivity contribution in [1.82, 2.24) is 0 Å². The molecule has 0 aromatic heterocycles. The van der Waals surface area contributed by atoms with Crippen LogP contribution in [0.4, 0.5) is 0 Å². The van der Waals surface area contributed by atoms with Crippen LogP contribution in [-0.2, 0) is 24.2 Å². The summed E-state index contributed by atoms with van der Waals surface area (Å²) in [5, 5.41) is 0. The van der Waals surface area contributed by atoms with Crippen LogP contribution in [0.15, 0.2) is 0 Å². The monoisotopic (exact) mass is 220 g/mol. The molecule has 0 aromatic carbocycles. The van der Waals surface area contributed by atoms with E-state index in [1.54, 1.807) is 0 Å². The molecule has 0 spiro atoms. The Labute approximate surface area is 81.5 Å². The molecule has 1 nitrogen and oxygen atoms in total. The molecular formula is C5H10Cl2OZn. The molecule has 0 bridgehead atoms. The van der Waals surface area contributed by atoms with Crippen LogP contribution in [0, 0.1) is 0 Å². The molecule has 0 saturated carbocycles. The van der Waals surface area contributed by atoms with Gasteiger partial charge in [-0.25, -0.2) is 0 Å². The van der Waals surface area contributed by atoms with E-state index in [9.17, 15) is 0 Å². The average molecular weight is 222 g/mol. The molecule has 0 N–H and O–H groups in total. The van der Waals surface area contributed by atoms with Crippen LogP contribution in [0.5, 0.6) is 0 Å². The maximum atomic E-state index is 5.15. The summed E-state index contributed by atoms with van der Waals surface area (Å²) in [6.45, 7) is 3.11. The van der Waals surface area contributed by atoms with Gasteiger partial charge in [0.25, 0.3) is 0 Å². The molecule has 1 atom stereocenters. The largest absolute Gasteiger partial charge is 2.00 e. The van der Waals surface area contributed by atoms with Gasteiger partial charge in [0.05, 0.1) is 6.10 Å². The predicted molar refractivity (Wildman–Crippen MR) is 24.6 cm³/mol. The fourth-order valence-electron chi connectivity index (χ4n) is 0.739. The summed E-state index contributed by atoms with van der Waals surface area (Å²) >= 11 is 0. The summed E-state index contributed by atoms with van der Waals surface area (Å²) in [4.78, 5) is 0. The quantitative estimate of drug-likeness (QED) is 0.374. The van der Waals surface area contributed by atoms with E-state index in [-0.39, 0.29) is 44.3 Å². The molecule has 1 rings (SSSR count). The van der Waals surface area contributed by atoms with Gasteiger partial charge in [-0.05, 0) is 19.8 Å². The van der Waals surface area contributed by atoms with E-state index in [2.05, 4.69) is 6.92 Å². The van der Waals surface area contributed by atoms with Gasteiger partial charge in [0, 0.05) is 6.61 Å². The molecule has 1 unspecified atom stereocenters. The molecule has 1 heterocycles. The van der Waals surface area contributed by atoms with Crippen molar-refractivity contribution in [3.8, 4) is 0 Å². The van der Waals surface area contributed by atoms with Crippen LogP contribution in [0.3, 0.4) is 0 Å². The zero-order valence-electron chi connectivity index (χ0n) is 5.57. The molecule has 4 heteroatoms. The topological polar surface area (TPSA) is 9.23 Å². The van der Waals surface area contributed by atoms with Crippen molar-refractivity contribution in [2.45, 2.75) is 25.9 Å². The third-order valence-corrected chi connectivity index (χ3v) is 1.16. The van der Waals surface area contributed by atoms with Crippen molar-refractivity contribution >= 4 is 0 Å². The number of hydrogen-bond donors (Lipinski definition) is 0. The third-order valence-electron chi connectivity index (χ3n) is 1.16. The predicted octanol–water partition coefficient (Wildman–Crippen LogP) is -4.81. The van der Waals surface area contributed by atoms with E-state index >= 15 is 0 Å². The second-order valence-electron chi connectivity index (χ2n) is 1.82. The minimum atomic E-state index is 0. The van der Waals surface area contributed by atoms with Crippen LogP contribution in [0.1, 0.15) is 19.8 Å². The third kappa shape index (κ3) is 7.06. The van der Waals surface area contributed by atoms with Crippen LogP contribution in [0.25, 0.3) is 0 Å². The van der Waals surface area contributed by atoms with Crippen molar-refractivity contribution in [3.63, 3.8) is 0 Å². The van der Waals surface area contributed by atoms with Crippen LogP contribution < -0.4 is 24.8 Å². The summed E-state index contributed by atoms with van der Waals surface area (Å²) < 4.78 is 5.15. The number of halogens is 2. The molecule has 1 fully saturated rings. The Morgan fingerprint density at radius 2 is 1.89 bits per heavy atom. The van der Waals surface area contributed by atoms with Crippen LogP contribution >= 0.6 is 0 Å². The molecule has 0 amide bonds. The molecule has 0 aromatic rings. The van der Waals surface area contributed by atoms with Crippen LogP contribution in [0.2, 0.25) is 0 Å². The average Bonchev–Trinajstić information content (AvgIpc) is 1.86. The van der Waals surface area contributed by atoms with E-state index < -0.39 is 0 Å². The first kappa shape index (κ1) is 16.6. The van der Waals surface area contributed by atoms with Gasteiger partial charge in [0.15, 0.2) is 0 Å². The number of ether oxygens (including phenoxy) is 1. The van der Waals surface area contributed by atoms with Crippen LogP contribution in [-0.4, -0.2) is 12.7 Å². The minimum absolute atomic E-state index is 0. The Balaban J connectivity index is -0.000000120. The van der Waals surface area contributed by atoms with Gasteiger partial charge in [0.1, 0.15) is 0 Å². The fraction of sp³-hybridized carbons (Fsp3) is 1.00. The van der Waals surface area contributed by atoms with Gasteiger partial charge in [-0.1, -0.05) is 0 Å². The summed E-state index contributed by atoms with van der Waals surface area (Å²) in [6, 6.07) is 0. The molecule has 9 heavy (non-hydrogen) atoms. The van der Waals surface area contributed by atoms with Crippen molar-refractivity contribution in [2.24, 2.45) is 0 Å². The molecule has 0 radical (unpaired) electrons. The van der Waals surface area contributed by atoms with Gasteiger partial charge in [-0.3, -0.25) is 0 Å². The smallest absolute Gasteiger partial charge is 1.00 e. The van der Waals surface area contributed by atoms with Gasteiger partial charge < -0.3 is 29.6 Å². The van der Waals surface area contributed by atoms with E-state index in [1.165, 1.54) is 12.8 Å². The second-order valence-corrected chi connectivity index (χ2v) is 1.82. The Hall–Kier alpha value is 1.16. The Kier molecular flexibility index (Phi) is 16.9. The first-order chi connectivity index (χ1) is 2.89. The van der Waals surface area contributed by atoms with Gasteiger partial charge in [-0.2, -0.15) is 0 Å². The molecule has 52 valence electrons. The SMILES string of the molecule is CC1CCCO1.[Cl-].[Cl-].[Zn+2]. The number of rotatable bonds is 0. The van der Waals surface area contributed by atoms with Crippen molar-refractivity contribution in [2.75, 3.05) is 6.61 Å². The van der Waals surface area contributed by atoms with Gasteiger partial charge in [-0.15, -0.1) is 0 Å². The summed E-state index contributed by atoms with van der Waals surface area (Å²) in [5.74, 6) is 0. The van der Waals surface area contributed by atoms with Gasteiger partial charge >= 0.3 is 19.5 Å². The van der Waals surface area contributed by atoms with E-state index in [0.29, 0.717) is 6.10 Å².